The van der Waals surface area contributed by atoms with Gasteiger partial charge in [-0.05, 0) is 13.3 Å². The molecule has 0 radical (unpaired) electrons. The second-order valence-corrected chi connectivity index (χ2v) is 5.44. The maximum Gasteiger partial charge on any atom is 0.339 e. The molecule has 0 rings (SSSR count). The number of rotatable bonds is 11. The van der Waals surface area contributed by atoms with Crippen molar-refractivity contribution >= 4 is 23.7 Å². The number of hydrogen-bond acceptors (Lipinski definition) is 8. The third-order valence-electron chi connectivity index (χ3n) is 3.53. The average molecular weight is 346 g/mol. The zero-order valence-corrected chi connectivity index (χ0v) is 14.6. The molecule has 2 unspecified atom stereocenters. The summed E-state index contributed by atoms with van der Waals surface area (Å²) in [7, 11) is 1.97. The second kappa shape index (κ2) is 10.7. The monoisotopic (exact) mass is 346 g/mol. The Kier molecular flexibility index (Phi) is 9.87. The molecular weight excluding hydrogens is 320 g/mol. The molecule has 24 heavy (non-hydrogen) atoms. The predicted octanol–water partition coefficient (Wildman–Crippen LogP) is 0.782. The van der Waals surface area contributed by atoms with Crippen LogP contribution in [0.25, 0.3) is 0 Å². The molecule has 1 N–H and O–H groups in total. The quantitative estimate of drug-likeness (QED) is 0.252. The summed E-state index contributed by atoms with van der Waals surface area (Å²) in [6.45, 7) is 3.17. The Bertz CT molecular complexity index is 459. The number of hydrogen-bond donors (Lipinski definition) is 1. The van der Waals surface area contributed by atoms with Crippen LogP contribution in [0, 0.1) is 5.92 Å². The molecule has 0 aromatic heterocycles. The smallest absolute Gasteiger partial charge is 0.339 e. The Morgan fingerprint density at radius 3 is 2.12 bits per heavy atom. The summed E-state index contributed by atoms with van der Waals surface area (Å²) in [5.74, 6) is -6.02. The molecular formula is C16H26O8. The van der Waals surface area contributed by atoms with Crippen molar-refractivity contribution in [1.29, 1.82) is 0 Å². The highest BCUT2D eigenvalue weighted by Crippen LogP contribution is 2.26. The molecule has 0 heterocycles. The lowest BCUT2D eigenvalue weighted by molar-refractivity contribution is -0.184. The molecule has 0 aliphatic heterocycles. The van der Waals surface area contributed by atoms with Gasteiger partial charge in [-0.15, -0.1) is 0 Å². The molecule has 0 aliphatic rings. The van der Waals surface area contributed by atoms with Crippen LogP contribution in [0.15, 0.2) is 0 Å². The summed E-state index contributed by atoms with van der Waals surface area (Å²) in [4.78, 5) is 47.3. The fourth-order valence-electron chi connectivity index (χ4n) is 2.27. The summed E-state index contributed by atoms with van der Waals surface area (Å²) in [6, 6.07) is 0. The molecule has 0 bridgehead atoms. The van der Waals surface area contributed by atoms with Crippen molar-refractivity contribution in [3.8, 4) is 0 Å². The number of ether oxygens (including phenoxy) is 3. The van der Waals surface area contributed by atoms with E-state index in [1.165, 1.54) is 0 Å². The first-order valence-corrected chi connectivity index (χ1v) is 7.79. The lowest BCUT2D eigenvalue weighted by Gasteiger charge is -2.29. The van der Waals surface area contributed by atoms with Crippen LogP contribution >= 0.6 is 0 Å². The van der Waals surface area contributed by atoms with E-state index in [1.54, 1.807) is 0 Å². The van der Waals surface area contributed by atoms with Gasteiger partial charge >= 0.3 is 17.9 Å². The van der Waals surface area contributed by atoms with E-state index in [4.69, 9.17) is 4.74 Å². The molecule has 8 heteroatoms. The summed E-state index contributed by atoms with van der Waals surface area (Å²) in [5.41, 5.74) is -2.67. The van der Waals surface area contributed by atoms with E-state index < -0.39 is 41.6 Å². The van der Waals surface area contributed by atoms with Crippen molar-refractivity contribution in [3.05, 3.63) is 0 Å². The molecule has 2 atom stereocenters. The highest BCUT2D eigenvalue weighted by atomic mass is 16.6. The zero-order chi connectivity index (χ0) is 18.8. The highest BCUT2D eigenvalue weighted by Gasteiger charge is 2.54. The molecule has 138 valence electrons. The minimum absolute atomic E-state index is 0.124. The lowest BCUT2D eigenvalue weighted by atomic mass is 9.82. The van der Waals surface area contributed by atoms with Crippen LogP contribution in [0.5, 0.6) is 0 Å². The third-order valence-corrected chi connectivity index (χ3v) is 3.53. The van der Waals surface area contributed by atoms with Crippen molar-refractivity contribution in [2.24, 2.45) is 5.92 Å². The molecule has 0 aliphatic carbocycles. The fraction of sp³-hybridized carbons (Fsp3) is 0.750. The fourth-order valence-corrected chi connectivity index (χ4v) is 2.27. The average Bonchev–Trinajstić information content (AvgIpc) is 2.53. The molecule has 8 nitrogen and oxygen atoms in total. The molecule has 0 fully saturated rings. The van der Waals surface area contributed by atoms with E-state index in [9.17, 15) is 24.3 Å². The second-order valence-electron chi connectivity index (χ2n) is 5.44. The predicted molar refractivity (Wildman–Crippen MR) is 82.9 cm³/mol. The number of aliphatic hydroxyl groups is 1. The van der Waals surface area contributed by atoms with Gasteiger partial charge in [-0.1, -0.05) is 26.2 Å². The van der Waals surface area contributed by atoms with Crippen molar-refractivity contribution in [3.63, 3.8) is 0 Å². The number of carbonyl (C=O) groups is 4. The van der Waals surface area contributed by atoms with Crippen LogP contribution in [-0.4, -0.2) is 55.2 Å². The standard InChI is InChI=1S/C16H26O8/c1-5-6-7-8-9-24-12(18)10-16(21,15(20)23-4)13(11(2)17)14(19)22-3/h13,21H,5-10H2,1-4H3. The summed E-state index contributed by atoms with van der Waals surface area (Å²) in [5, 5.41) is 10.5. The van der Waals surface area contributed by atoms with Gasteiger partial charge < -0.3 is 19.3 Å². The highest BCUT2D eigenvalue weighted by molar-refractivity contribution is 6.05. The van der Waals surface area contributed by atoms with Crippen LogP contribution < -0.4 is 0 Å². The molecule has 0 saturated carbocycles. The van der Waals surface area contributed by atoms with Crippen molar-refractivity contribution in [2.75, 3.05) is 20.8 Å². The topological polar surface area (TPSA) is 116 Å². The largest absolute Gasteiger partial charge is 0.468 e. The van der Waals surface area contributed by atoms with Gasteiger partial charge in [0.15, 0.2) is 11.5 Å². The molecule has 0 saturated heterocycles. The summed E-state index contributed by atoms with van der Waals surface area (Å²) in [6.07, 6.45) is 2.66. The van der Waals surface area contributed by atoms with Crippen LogP contribution in [0.1, 0.15) is 46.0 Å². The Morgan fingerprint density at radius 2 is 1.67 bits per heavy atom. The van der Waals surface area contributed by atoms with E-state index in [-0.39, 0.29) is 6.61 Å². The lowest BCUT2D eigenvalue weighted by Crippen LogP contribution is -2.54. The Balaban J connectivity index is 5.10. The summed E-state index contributed by atoms with van der Waals surface area (Å²) < 4.78 is 13.8. The van der Waals surface area contributed by atoms with Crippen LogP contribution in [0.2, 0.25) is 0 Å². The van der Waals surface area contributed by atoms with Crippen LogP contribution in [0.3, 0.4) is 0 Å². The number of carbonyl (C=O) groups excluding carboxylic acids is 4. The van der Waals surface area contributed by atoms with E-state index >= 15 is 0 Å². The Morgan fingerprint density at radius 1 is 1.04 bits per heavy atom. The van der Waals surface area contributed by atoms with Gasteiger partial charge in [0, 0.05) is 0 Å². The molecule has 0 aromatic rings. The van der Waals surface area contributed by atoms with Crippen LogP contribution in [0.4, 0.5) is 0 Å². The van der Waals surface area contributed by atoms with Gasteiger partial charge in [-0.25, -0.2) is 4.79 Å². The van der Waals surface area contributed by atoms with Gasteiger partial charge in [0.2, 0.25) is 0 Å². The van der Waals surface area contributed by atoms with Gasteiger partial charge in [0.05, 0.1) is 27.2 Å². The van der Waals surface area contributed by atoms with Crippen molar-refractivity contribution < 1.29 is 38.5 Å². The van der Waals surface area contributed by atoms with E-state index in [0.717, 1.165) is 40.4 Å². The number of Topliss-reactive ketones (excluding diaryl/α,β-unsaturated/α-hetero) is 1. The minimum Gasteiger partial charge on any atom is -0.468 e. The van der Waals surface area contributed by atoms with Gasteiger partial charge in [-0.3, -0.25) is 14.4 Å². The first-order chi connectivity index (χ1) is 11.2. The van der Waals surface area contributed by atoms with Crippen LogP contribution in [-0.2, 0) is 33.4 Å². The Labute approximate surface area is 141 Å². The van der Waals surface area contributed by atoms with Gasteiger partial charge in [-0.2, -0.15) is 0 Å². The van der Waals surface area contributed by atoms with E-state index in [1.807, 2.05) is 6.92 Å². The van der Waals surface area contributed by atoms with Crippen molar-refractivity contribution in [2.45, 2.75) is 51.6 Å². The minimum atomic E-state index is -2.67. The third kappa shape index (κ3) is 6.27. The van der Waals surface area contributed by atoms with E-state index in [0.29, 0.717) is 6.42 Å². The number of unbranched alkanes of at least 4 members (excludes halogenated alkanes) is 3. The number of ketones is 1. The maximum absolute atomic E-state index is 11.9. The first kappa shape index (κ1) is 22.0. The molecule has 0 aromatic carbocycles. The molecule has 0 amide bonds. The number of esters is 3. The van der Waals surface area contributed by atoms with Crippen molar-refractivity contribution in [1.82, 2.24) is 0 Å². The normalized spacial score (nSPS) is 14.2. The number of methoxy groups -OCH3 is 2. The van der Waals surface area contributed by atoms with Gasteiger partial charge in [0.25, 0.3) is 0 Å². The zero-order valence-electron chi connectivity index (χ0n) is 14.6. The SMILES string of the molecule is CCCCCCOC(=O)CC(O)(C(=O)OC)C(C(C)=O)C(=O)OC. The van der Waals surface area contributed by atoms with Gasteiger partial charge in [0.1, 0.15) is 5.78 Å². The first-order valence-electron chi connectivity index (χ1n) is 7.79. The molecule has 0 spiro atoms. The Hall–Kier alpha value is -1.96. The summed E-state index contributed by atoms with van der Waals surface area (Å²) >= 11 is 0. The maximum atomic E-state index is 11.9. The van der Waals surface area contributed by atoms with E-state index in [2.05, 4.69) is 9.47 Å².